The Bertz CT molecular complexity index is 907. The molecule has 2 heterocycles. The Kier molecular flexibility index (Phi) is 7.06. The molecule has 3 amide bonds. The highest BCUT2D eigenvalue weighted by molar-refractivity contribution is 6.30. The Hall–Kier alpha value is -2.61. The minimum Gasteiger partial charge on any atom is -0.379 e. The van der Waals surface area contributed by atoms with Gasteiger partial charge in [0.15, 0.2) is 0 Å². The number of likely N-dealkylation sites (tertiary alicyclic amines) is 1. The molecule has 0 radical (unpaired) electrons. The number of ether oxygens (including phenoxy) is 1. The lowest BCUT2D eigenvalue weighted by molar-refractivity contribution is 0.00159. The molecule has 0 aliphatic carbocycles. The highest BCUT2D eigenvalue weighted by atomic mass is 35.5. The average Bonchev–Trinajstić information content (AvgIpc) is 2.81. The van der Waals surface area contributed by atoms with Crippen molar-refractivity contribution in [3.05, 3.63) is 59.1 Å². The average molecular weight is 443 g/mol. The molecule has 31 heavy (non-hydrogen) atoms. The van der Waals surface area contributed by atoms with Crippen molar-refractivity contribution in [3.63, 3.8) is 0 Å². The summed E-state index contributed by atoms with van der Waals surface area (Å²) in [4.78, 5) is 29.7. The number of nitrogens with zero attached hydrogens (tertiary/aromatic N) is 2. The molecule has 2 aliphatic rings. The normalized spacial score (nSPS) is 17.9. The van der Waals surface area contributed by atoms with Gasteiger partial charge in [-0.2, -0.15) is 0 Å². The maximum Gasteiger partial charge on any atom is 0.323 e. The predicted molar refractivity (Wildman–Crippen MR) is 122 cm³/mol. The van der Waals surface area contributed by atoms with Crippen LogP contribution in [-0.2, 0) is 4.74 Å². The predicted octanol–water partition coefficient (Wildman–Crippen LogP) is 3.92. The van der Waals surface area contributed by atoms with Gasteiger partial charge in [-0.3, -0.25) is 9.69 Å². The van der Waals surface area contributed by atoms with Crippen LogP contribution in [0.4, 0.5) is 16.2 Å². The zero-order valence-corrected chi connectivity index (χ0v) is 18.1. The van der Waals surface area contributed by atoms with Crippen LogP contribution in [0.15, 0.2) is 48.5 Å². The van der Waals surface area contributed by atoms with Crippen molar-refractivity contribution in [2.24, 2.45) is 0 Å². The van der Waals surface area contributed by atoms with Crippen LogP contribution in [-0.4, -0.2) is 67.2 Å². The largest absolute Gasteiger partial charge is 0.379 e. The van der Waals surface area contributed by atoms with Crippen molar-refractivity contribution in [2.45, 2.75) is 18.9 Å². The van der Waals surface area contributed by atoms with Crippen molar-refractivity contribution in [1.82, 2.24) is 9.80 Å². The topological polar surface area (TPSA) is 73.9 Å². The zero-order valence-electron chi connectivity index (χ0n) is 17.4. The fourth-order valence-electron chi connectivity index (χ4n) is 4.12. The lowest BCUT2D eigenvalue weighted by Crippen LogP contribution is -2.50. The molecule has 2 fully saturated rings. The molecule has 2 saturated heterocycles. The van der Waals surface area contributed by atoms with Crippen LogP contribution in [0, 0.1) is 0 Å². The molecule has 0 spiro atoms. The van der Waals surface area contributed by atoms with E-state index in [9.17, 15) is 9.59 Å². The molecule has 2 aliphatic heterocycles. The fraction of sp³-hybridized carbons (Fsp3) is 0.391. The van der Waals surface area contributed by atoms with Gasteiger partial charge < -0.3 is 20.3 Å². The first-order valence-corrected chi connectivity index (χ1v) is 11.0. The van der Waals surface area contributed by atoms with E-state index < -0.39 is 0 Å². The third-order valence-electron chi connectivity index (χ3n) is 5.78. The summed E-state index contributed by atoms with van der Waals surface area (Å²) >= 11 is 5.86. The molecule has 7 nitrogen and oxygen atoms in total. The number of piperidine rings is 1. The number of carbonyl (C=O) groups is 2. The smallest absolute Gasteiger partial charge is 0.323 e. The first kappa shape index (κ1) is 21.6. The molecule has 2 N–H and O–H groups in total. The molecular weight excluding hydrogens is 416 g/mol. The van der Waals surface area contributed by atoms with Crippen LogP contribution in [0.5, 0.6) is 0 Å². The van der Waals surface area contributed by atoms with E-state index in [1.807, 2.05) is 4.90 Å². The third kappa shape index (κ3) is 5.76. The zero-order chi connectivity index (χ0) is 21.6. The van der Waals surface area contributed by atoms with Crippen molar-refractivity contribution in [3.8, 4) is 0 Å². The summed E-state index contributed by atoms with van der Waals surface area (Å²) in [5.74, 6) is 0.00202. The number of morpholine rings is 1. The maximum absolute atomic E-state index is 13.0. The second-order valence-corrected chi connectivity index (χ2v) is 8.27. The van der Waals surface area contributed by atoms with E-state index in [4.69, 9.17) is 16.3 Å². The van der Waals surface area contributed by atoms with Gasteiger partial charge in [-0.25, -0.2) is 4.79 Å². The maximum atomic E-state index is 13.0. The van der Waals surface area contributed by atoms with Crippen molar-refractivity contribution in [1.29, 1.82) is 0 Å². The first-order chi connectivity index (χ1) is 15.1. The van der Waals surface area contributed by atoms with Crippen LogP contribution < -0.4 is 10.6 Å². The molecule has 0 saturated carbocycles. The summed E-state index contributed by atoms with van der Waals surface area (Å²) in [5.41, 5.74) is 1.78. The van der Waals surface area contributed by atoms with E-state index in [0.717, 1.165) is 52.2 Å². The van der Waals surface area contributed by atoms with E-state index in [0.29, 0.717) is 28.0 Å². The van der Waals surface area contributed by atoms with Crippen LogP contribution in [0.3, 0.4) is 0 Å². The third-order valence-corrected chi connectivity index (χ3v) is 6.04. The molecule has 0 unspecified atom stereocenters. The number of rotatable bonds is 4. The SMILES string of the molecule is O=C(Nc1ccc(Cl)cc1)Nc1cccc(C(=O)N2CCC(N3CCOCC3)CC2)c1. The number of halogens is 1. The summed E-state index contributed by atoms with van der Waals surface area (Å²) in [6.45, 7) is 5.04. The highest BCUT2D eigenvalue weighted by Crippen LogP contribution is 2.21. The van der Waals surface area contributed by atoms with Crippen LogP contribution in [0.25, 0.3) is 0 Å². The van der Waals surface area contributed by atoms with E-state index in [1.54, 1.807) is 48.5 Å². The Labute approximate surface area is 187 Å². The summed E-state index contributed by atoms with van der Waals surface area (Å²) in [7, 11) is 0. The summed E-state index contributed by atoms with van der Waals surface area (Å²) in [6.07, 6.45) is 1.96. The molecule has 8 heteroatoms. The molecule has 0 atom stereocenters. The minimum absolute atomic E-state index is 0.00202. The van der Waals surface area contributed by atoms with Gasteiger partial charge in [0.05, 0.1) is 13.2 Å². The second-order valence-electron chi connectivity index (χ2n) is 7.84. The Balaban J connectivity index is 1.31. The molecule has 0 bridgehead atoms. The lowest BCUT2D eigenvalue weighted by Gasteiger charge is -2.40. The van der Waals surface area contributed by atoms with Crippen molar-refractivity contribution in [2.75, 3.05) is 50.0 Å². The number of amides is 3. The number of hydrogen-bond donors (Lipinski definition) is 2. The van der Waals surface area contributed by atoms with E-state index >= 15 is 0 Å². The van der Waals surface area contributed by atoms with E-state index in [-0.39, 0.29) is 11.9 Å². The monoisotopic (exact) mass is 442 g/mol. The summed E-state index contributed by atoms with van der Waals surface area (Å²) in [6, 6.07) is 14.1. The van der Waals surface area contributed by atoms with Gasteiger partial charge in [0, 0.05) is 54.2 Å². The van der Waals surface area contributed by atoms with Gasteiger partial charge >= 0.3 is 6.03 Å². The van der Waals surface area contributed by atoms with Gasteiger partial charge in [0.2, 0.25) is 0 Å². The standard InChI is InChI=1S/C23H27ClN4O3/c24-18-4-6-19(7-5-18)25-23(30)26-20-3-1-2-17(16-20)22(29)28-10-8-21(9-11-28)27-12-14-31-15-13-27/h1-7,16,21H,8-15H2,(H2,25,26,30). The number of anilines is 2. The Morgan fingerprint density at radius 3 is 2.29 bits per heavy atom. The molecule has 4 rings (SSSR count). The molecule has 2 aromatic carbocycles. The van der Waals surface area contributed by atoms with E-state index in [2.05, 4.69) is 15.5 Å². The molecule has 2 aromatic rings. The highest BCUT2D eigenvalue weighted by Gasteiger charge is 2.28. The number of hydrogen-bond acceptors (Lipinski definition) is 4. The van der Waals surface area contributed by atoms with Crippen molar-refractivity contribution < 1.29 is 14.3 Å². The van der Waals surface area contributed by atoms with Gasteiger partial charge in [-0.1, -0.05) is 17.7 Å². The molecule has 0 aromatic heterocycles. The van der Waals surface area contributed by atoms with Gasteiger partial charge in [-0.15, -0.1) is 0 Å². The summed E-state index contributed by atoms with van der Waals surface area (Å²) in [5, 5.41) is 6.13. The Morgan fingerprint density at radius 2 is 1.58 bits per heavy atom. The van der Waals surface area contributed by atoms with Crippen LogP contribution >= 0.6 is 11.6 Å². The first-order valence-electron chi connectivity index (χ1n) is 10.6. The number of benzene rings is 2. The molecular formula is C23H27ClN4O3. The quantitative estimate of drug-likeness (QED) is 0.752. The minimum atomic E-state index is -0.377. The lowest BCUT2D eigenvalue weighted by atomic mass is 10.0. The van der Waals surface area contributed by atoms with Gasteiger partial charge in [0.25, 0.3) is 5.91 Å². The van der Waals surface area contributed by atoms with Gasteiger partial charge in [0.1, 0.15) is 0 Å². The molecule has 164 valence electrons. The number of carbonyl (C=O) groups excluding carboxylic acids is 2. The fourth-order valence-corrected chi connectivity index (χ4v) is 4.24. The summed E-state index contributed by atoms with van der Waals surface area (Å²) < 4.78 is 5.44. The number of nitrogens with one attached hydrogen (secondary N) is 2. The van der Waals surface area contributed by atoms with Gasteiger partial charge in [-0.05, 0) is 55.3 Å². The Morgan fingerprint density at radius 1 is 0.903 bits per heavy atom. The van der Waals surface area contributed by atoms with E-state index in [1.165, 1.54) is 0 Å². The van der Waals surface area contributed by atoms with Crippen LogP contribution in [0.2, 0.25) is 5.02 Å². The van der Waals surface area contributed by atoms with Crippen molar-refractivity contribution >= 4 is 34.9 Å². The van der Waals surface area contributed by atoms with Crippen LogP contribution in [0.1, 0.15) is 23.2 Å². The second kappa shape index (κ2) is 10.1. The number of urea groups is 1.